The molecule has 2 aromatic carbocycles. The van der Waals surface area contributed by atoms with Crippen molar-refractivity contribution in [2.45, 2.75) is 39.4 Å². The predicted octanol–water partition coefficient (Wildman–Crippen LogP) is 4.09. The van der Waals surface area contributed by atoms with E-state index in [0.29, 0.717) is 17.1 Å². The Kier molecular flexibility index (Phi) is 6.33. The van der Waals surface area contributed by atoms with E-state index >= 15 is 0 Å². The highest BCUT2D eigenvalue weighted by atomic mass is 32.2. The molecule has 3 rings (SSSR count). The van der Waals surface area contributed by atoms with E-state index in [4.69, 9.17) is 0 Å². The molecule has 1 saturated heterocycles. The van der Waals surface area contributed by atoms with Crippen LogP contribution in [-0.2, 0) is 16.0 Å². The van der Waals surface area contributed by atoms with Gasteiger partial charge in [-0.15, -0.1) is 0 Å². The first-order chi connectivity index (χ1) is 14.3. The lowest BCUT2D eigenvalue weighted by molar-refractivity contribution is -0.117. The third-order valence-corrected chi connectivity index (χ3v) is 6.74. The lowest BCUT2D eigenvalue weighted by atomic mass is 10.0. The van der Waals surface area contributed by atoms with Crippen LogP contribution in [0.1, 0.15) is 27.8 Å². The van der Waals surface area contributed by atoms with Crippen LogP contribution >= 0.6 is 11.8 Å². The van der Waals surface area contributed by atoms with Crippen molar-refractivity contribution in [3.05, 3.63) is 74.8 Å². The van der Waals surface area contributed by atoms with Gasteiger partial charge in [-0.2, -0.15) is 5.26 Å². The Bertz CT molecular complexity index is 1100. The topological polar surface area (TPSA) is 73.2 Å². The molecule has 0 bridgehead atoms. The standard InChI is InChI=1S/C24H25N3O2S/c1-14-6-8-18(10-16(14)3)12-21-23(29)27(19-9-7-15(2)17(4)11-19)24(30-21)20(13-25)22(28)26-5/h6-11,21H,12H2,1-5H3,(H,26,28)/b24-20-. The van der Waals surface area contributed by atoms with Gasteiger partial charge in [-0.3, -0.25) is 14.5 Å². The number of nitriles is 1. The Morgan fingerprint density at radius 3 is 2.27 bits per heavy atom. The summed E-state index contributed by atoms with van der Waals surface area (Å²) in [6.07, 6.45) is 0.530. The summed E-state index contributed by atoms with van der Waals surface area (Å²) >= 11 is 1.29. The number of nitrogens with zero attached hydrogens (tertiary/aromatic N) is 2. The third kappa shape index (κ3) is 4.12. The van der Waals surface area contributed by atoms with Crippen molar-refractivity contribution in [1.29, 1.82) is 5.26 Å². The van der Waals surface area contributed by atoms with Gasteiger partial charge in [0.2, 0.25) is 5.91 Å². The summed E-state index contributed by atoms with van der Waals surface area (Å²) in [7, 11) is 1.48. The molecule has 2 aromatic rings. The van der Waals surface area contributed by atoms with Crippen LogP contribution in [0.15, 0.2) is 47.0 Å². The second-order valence-corrected chi connectivity index (χ2v) is 8.73. The van der Waals surface area contributed by atoms with Crippen molar-refractivity contribution in [2.24, 2.45) is 0 Å². The van der Waals surface area contributed by atoms with E-state index in [1.807, 2.05) is 44.2 Å². The van der Waals surface area contributed by atoms with Gasteiger partial charge in [0.15, 0.2) is 0 Å². The summed E-state index contributed by atoms with van der Waals surface area (Å²) in [5, 5.41) is 12.2. The molecule has 0 aliphatic carbocycles. The van der Waals surface area contributed by atoms with E-state index in [1.54, 1.807) is 0 Å². The average Bonchev–Trinajstić information content (AvgIpc) is 3.03. The molecule has 0 saturated carbocycles. The predicted molar refractivity (Wildman–Crippen MR) is 121 cm³/mol. The molecule has 2 amide bonds. The molecule has 0 aromatic heterocycles. The highest BCUT2D eigenvalue weighted by molar-refractivity contribution is 8.05. The molecule has 0 spiro atoms. The van der Waals surface area contributed by atoms with Crippen molar-refractivity contribution < 1.29 is 9.59 Å². The number of hydrogen-bond acceptors (Lipinski definition) is 4. The zero-order valence-corrected chi connectivity index (χ0v) is 18.7. The smallest absolute Gasteiger partial charge is 0.264 e. The van der Waals surface area contributed by atoms with Gasteiger partial charge in [-0.05, 0) is 74.1 Å². The summed E-state index contributed by atoms with van der Waals surface area (Å²) < 4.78 is 0. The lowest BCUT2D eigenvalue weighted by Crippen LogP contribution is -2.31. The van der Waals surface area contributed by atoms with Crippen LogP contribution < -0.4 is 10.2 Å². The van der Waals surface area contributed by atoms with E-state index in [1.165, 1.54) is 34.8 Å². The van der Waals surface area contributed by atoms with Crippen LogP contribution in [0, 0.1) is 39.0 Å². The molecule has 5 nitrogen and oxygen atoms in total. The van der Waals surface area contributed by atoms with Crippen molar-refractivity contribution in [1.82, 2.24) is 5.32 Å². The molecule has 0 radical (unpaired) electrons. The molecule has 30 heavy (non-hydrogen) atoms. The molecule has 1 heterocycles. The van der Waals surface area contributed by atoms with Crippen LogP contribution in [-0.4, -0.2) is 24.1 Å². The summed E-state index contributed by atoms with van der Waals surface area (Å²) in [5.74, 6) is -0.610. The number of anilines is 1. The molecule has 1 atom stereocenters. The van der Waals surface area contributed by atoms with Crippen LogP contribution in [0.25, 0.3) is 0 Å². The number of aryl methyl sites for hydroxylation is 4. The minimum atomic E-state index is -0.492. The fourth-order valence-electron chi connectivity index (χ4n) is 3.36. The number of thioether (sulfide) groups is 1. The number of hydrogen-bond donors (Lipinski definition) is 1. The van der Waals surface area contributed by atoms with E-state index < -0.39 is 11.2 Å². The zero-order chi connectivity index (χ0) is 22.0. The van der Waals surface area contributed by atoms with Crippen LogP contribution in [0.4, 0.5) is 5.69 Å². The van der Waals surface area contributed by atoms with Crippen molar-refractivity contribution in [3.8, 4) is 6.07 Å². The van der Waals surface area contributed by atoms with Gasteiger partial charge in [-0.25, -0.2) is 0 Å². The Morgan fingerprint density at radius 1 is 1.07 bits per heavy atom. The first-order valence-corrected chi connectivity index (χ1v) is 10.6. The van der Waals surface area contributed by atoms with Crippen molar-refractivity contribution >= 4 is 29.3 Å². The number of nitrogens with one attached hydrogen (secondary N) is 1. The first kappa shape index (κ1) is 21.7. The van der Waals surface area contributed by atoms with E-state index in [0.717, 1.165) is 16.7 Å². The van der Waals surface area contributed by atoms with Crippen LogP contribution in [0.2, 0.25) is 0 Å². The second kappa shape index (κ2) is 8.76. The van der Waals surface area contributed by atoms with Gasteiger partial charge in [0.25, 0.3) is 5.91 Å². The molecule has 154 valence electrons. The number of benzene rings is 2. The summed E-state index contributed by atoms with van der Waals surface area (Å²) in [5.41, 5.74) is 6.22. The molecule has 1 aliphatic rings. The number of rotatable bonds is 4. The first-order valence-electron chi connectivity index (χ1n) is 9.77. The maximum Gasteiger partial charge on any atom is 0.264 e. The molecule has 1 unspecified atom stereocenters. The van der Waals surface area contributed by atoms with Gasteiger partial charge >= 0.3 is 0 Å². The lowest BCUT2D eigenvalue weighted by Gasteiger charge is -2.19. The quantitative estimate of drug-likeness (QED) is 0.598. The SMILES string of the molecule is CNC(=O)/C(C#N)=C1\SC(Cc2ccc(C)c(C)c2)C(=O)N1c1ccc(C)c(C)c1. The monoisotopic (exact) mass is 419 g/mol. The minimum absolute atomic E-state index is 0.0448. The molecular weight excluding hydrogens is 394 g/mol. The molecule has 1 fully saturated rings. The molecule has 1 N–H and O–H groups in total. The summed E-state index contributed by atoms with van der Waals surface area (Å²) in [4.78, 5) is 27.3. The van der Waals surface area contributed by atoms with E-state index in [2.05, 4.69) is 31.3 Å². The molecule has 6 heteroatoms. The molecule has 1 aliphatic heterocycles. The average molecular weight is 420 g/mol. The fraction of sp³-hybridized carbons (Fsp3) is 0.292. The number of carbonyl (C=O) groups is 2. The Morgan fingerprint density at radius 2 is 1.70 bits per heavy atom. The fourth-order valence-corrected chi connectivity index (χ4v) is 4.66. The Labute approximate surface area is 181 Å². The number of amides is 2. The zero-order valence-electron chi connectivity index (χ0n) is 17.9. The maximum absolute atomic E-state index is 13.4. The highest BCUT2D eigenvalue weighted by Gasteiger charge is 2.40. The van der Waals surface area contributed by atoms with Gasteiger partial charge in [-0.1, -0.05) is 36.0 Å². The number of likely N-dealkylation sites (N-methyl/N-ethyl adjacent to an activating group) is 1. The maximum atomic E-state index is 13.4. The van der Waals surface area contributed by atoms with Gasteiger partial charge in [0.1, 0.15) is 16.7 Å². The van der Waals surface area contributed by atoms with Crippen molar-refractivity contribution in [2.75, 3.05) is 11.9 Å². The summed E-state index contributed by atoms with van der Waals surface area (Å²) in [6.45, 7) is 8.09. The van der Waals surface area contributed by atoms with Crippen molar-refractivity contribution in [3.63, 3.8) is 0 Å². The second-order valence-electron chi connectivity index (χ2n) is 7.54. The van der Waals surface area contributed by atoms with E-state index in [-0.39, 0.29) is 11.5 Å². The van der Waals surface area contributed by atoms with Crippen LogP contribution in [0.5, 0.6) is 0 Å². The Hall–Kier alpha value is -3.04. The normalized spacial score (nSPS) is 17.7. The highest BCUT2D eigenvalue weighted by Crippen LogP contribution is 2.42. The minimum Gasteiger partial charge on any atom is -0.354 e. The van der Waals surface area contributed by atoms with E-state index in [9.17, 15) is 14.9 Å². The summed E-state index contributed by atoms with van der Waals surface area (Å²) in [6, 6.07) is 13.9. The molecular formula is C24H25N3O2S. The Balaban J connectivity index is 2.07. The van der Waals surface area contributed by atoms with Gasteiger partial charge in [0.05, 0.1) is 5.25 Å². The third-order valence-electron chi connectivity index (χ3n) is 5.47. The number of carbonyl (C=O) groups excluding carboxylic acids is 2. The largest absolute Gasteiger partial charge is 0.354 e. The van der Waals surface area contributed by atoms with Gasteiger partial charge in [0, 0.05) is 12.7 Å². The van der Waals surface area contributed by atoms with Crippen LogP contribution in [0.3, 0.4) is 0 Å². The van der Waals surface area contributed by atoms with Gasteiger partial charge < -0.3 is 5.32 Å².